The average Bonchev–Trinajstić information content (AvgIpc) is 3.68. The highest BCUT2D eigenvalue weighted by Gasteiger charge is 2.76. The summed E-state index contributed by atoms with van der Waals surface area (Å²) in [5.41, 5.74) is 3.41. The number of fused-ring (bicyclic) bond motifs is 5. The van der Waals surface area contributed by atoms with Crippen LogP contribution in [0.1, 0.15) is 24.3 Å². The van der Waals surface area contributed by atoms with Crippen molar-refractivity contribution >= 4 is 79.5 Å². The number of likely N-dealkylation sites (tertiary alicyclic amines) is 1. The van der Waals surface area contributed by atoms with Crippen LogP contribution >= 0.6 is 39.1 Å². The molecule has 4 aromatic rings. The van der Waals surface area contributed by atoms with E-state index in [1.54, 1.807) is 36.4 Å². The van der Waals surface area contributed by atoms with Gasteiger partial charge in [0.25, 0.3) is 11.8 Å². The summed E-state index contributed by atoms with van der Waals surface area (Å²) in [4.78, 5) is 59.0. The Morgan fingerprint density at radius 2 is 1.75 bits per heavy atom. The van der Waals surface area contributed by atoms with Crippen molar-refractivity contribution in [2.24, 2.45) is 17.8 Å². The molecule has 0 spiro atoms. The van der Waals surface area contributed by atoms with Gasteiger partial charge in [0.2, 0.25) is 17.7 Å². The van der Waals surface area contributed by atoms with Crippen molar-refractivity contribution in [2.45, 2.75) is 28.5 Å². The number of carbonyl (C=O) groups is 4. The van der Waals surface area contributed by atoms with Gasteiger partial charge in [0, 0.05) is 11.5 Å². The second kappa shape index (κ2) is 10.9. The summed E-state index contributed by atoms with van der Waals surface area (Å²) in [5, 5.41) is 10.4. The third kappa shape index (κ3) is 4.07. The zero-order chi connectivity index (χ0) is 33.7. The van der Waals surface area contributed by atoms with Crippen LogP contribution in [0.15, 0.2) is 82.8 Å². The van der Waals surface area contributed by atoms with Crippen molar-refractivity contribution in [3.05, 3.63) is 83.9 Å². The molecule has 3 aromatic carbocycles. The Hall–Kier alpha value is -4.19. The minimum absolute atomic E-state index is 0.125. The number of anilines is 1. The lowest BCUT2D eigenvalue weighted by atomic mass is 9.56. The molecular weight excluding hydrogens is 725 g/mol. The number of hydrogen-bond acceptors (Lipinski definition) is 8. The van der Waals surface area contributed by atoms with Crippen molar-refractivity contribution in [3.8, 4) is 23.0 Å². The van der Waals surface area contributed by atoms with E-state index < -0.39 is 51.1 Å². The van der Waals surface area contributed by atoms with Crippen LogP contribution in [-0.4, -0.2) is 60.9 Å². The van der Waals surface area contributed by atoms with Crippen LogP contribution in [0.25, 0.3) is 22.6 Å². The van der Waals surface area contributed by atoms with Gasteiger partial charge >= 0.3 is 0 Å². The third-order valence-electron chi connectivity index (χ3n) is 10.2. The molecule has 10 nitrogen and oxygen atoms in total. The predicted octanol–water partition coefficient (Wildman–Crippen LogP) is 6.12. The number of oxazole rings is 1. The van der Waals surface area contributed by atoms with Gasteiger partial charge in [-0.05, 0) is 72.9 Å². The van der Waals surface area contributed by atoms with Gasteiger partial charge in [0.15, 0.2) is 26.8 Å². The first-order valence-electron chi connectivity index (χ1n) is 15.2. The van der Waals surface area contributed by atoms with E-state index in [9.17, 15) is 24.3 Å². The van der Waals surface area contributed by atoms with Crippen LogP contribution in [-0.2, 0) is 19.2 Å². The Morgan fingerprint density at radius 3 is 2.46 bits per heavy atom. The Bertz CT molecular complexity index is 2070. The van der Waals surface area contributed by atoms with E-state index in [1.807, 2.05) is 30.3 Å². The third-order valence-corrected chi connectivity index (χ3v) is 12.1. The molecule has 4 aliphatic rings. The number of phenols is 1. The molecule has 48 heavy (non-hydrogen) atoms. The fourth-order valence-corrected chi connectivity index (χ4v) is 9.43. The number of para-hydroxylation sites is 2. The van der Waals surface area contributed by atoms with E-state index in [0.717, 1.165) is 4.90 Å². The molecule has 3 heterocycles. The molecule has 1 saturated carbocycles. The number of allylic oxidation sites excluding steroid dienone is 2. The van der Waals surface area contributed by atoms with E-state index >= 15 is 0 Å². The number of alkyl halides is 3. The monoisotopic (exact) mass is 749 g/mol. The van der Waals surface area contributed by atoms with E-state index in [-0.39, 0.29) is 35.7 Å². The molecule has 3 fully saturated rings. The zero-order valence-electron chi connectivity index (χ0n) is 25.2. The average molecular weight is 751 g/mol. The lowest BCUT2D eigenvalue weighted by Crippen LogP contribution is -2.60. The largest absolute Gasteiger partial charge is 0.504 e. The van der Waals surface area contributed by atoms with Gasteiger partial charge in [-0.2, -0.15) is 0 Å². The number of carbonyl (C=O) groups excluding carboxylic acids is 4. The van der Waals surface area contributed by atoms with Crippen LogP contribution in [0.2, 0.25) is 0 Å². The lowest BCUT2D eigenvalue weighted by Gasteiger charge is -2.50. The highest BCUT2D eigenvalue weighted by molar-refractivity contribution is 9.09. The SMILES string of the molecule is COc1cc([C@H]2C3=CC[C@@H]4C(=O)N(c5ccc(-c6nc7ccccc7o6)cc5)C(=O)[C@@H]4[C@@H]3C[C@@]3(Cl)C(=O)N(CBr)C(=O)[C@@]23Cl)ccc1O. The molecule has 13 heteroatoms. The summed E-state index contributed by atoms with van der Waals surface area (Å²) in [7, 11) is 1.39. The number of phenolic OH excluding ortho intramolecular Hbond substituents is 1. The molecule has 4 amide bonds. The van der Waals surface area contributed by atoms with Crippen molar-refractivity contribution in [3.63, 3.8) is 0 Å². The van der Waals surface area contributed by atoms with E-state index in [1.165, 1.54) is 18.1 Å². The first kappa shape index (κ1) is 31.1. The van der Waals surface area contributed by atoms with Gasteiger partial charge in [0.1, 0.15) is 5.52 Å². The Morgan fingerprint density at radius 1 is 1.00 bits per heavy atom. The first-order valence-corrected chi connectivity index (χ1v) is 17.1. The normalized spacial score (nSPS) is 29.6. The maximum absolute atomic E-state index is 14.4. The first-order chi connectivity index (χ1) is 23.0. The van der Waals surface area contributed by atoms with Crippen molar-refractivity contribution in [1.29, 1.82) is 0 Å². The topological polar surface area (TPSA) is 130 Å². The fraction of sp³-hybridized carbons (Fsp3) is 0.286. The van der Waals surface area contributed by atoms with Crippen molar-refractivity contribution < 1.29 is 33.4 Å². The van der Waals surface area contributed by atoms with Gasteiger partial charge in [0.05, 0.1) is 30.1 Å². The zero-order valence-corrected chi connectivity index (χ0v) is 28.3. The summed E-state index contributed by atoms with van der Waals surface area (Å²) >= 11 is 17.8. The minimum atomic E-state index is -1.96. The molecule has 1 aromatic heterocycles. The summed E-state index contributed by atoms with van der Waals surface area (Å²) < 4.78 is 11.2. The fourth-order valence-electron chi connectivity index (χ4n) is 8.00. The number of imide groups is 2. The van der Waals surface area contributed by atoms with E-state index in [0.29, 0.717) is 39.4 Å². The molecular formula is C35H26BrCl2N3O7. The lowest BCUT2D eigenvalue weighted by molar-refractivity contribution is -0.138. The number of amides is 4. The Labute approximate surface area is 292 Å². The standard InChI is InChI=1S/C35H26BrCl2N3O7/c1-47-26-14-18(8-13-24(26)42)28-20-11-12-21-27(22(20)15-34(37)32(45)40(16-36)33(46)35(28,34)38)31(44)41(30(21)43)19-9-6-17(7-10-19)29-39-23-4-2-3-5-25(23)48-29/h2-11,13-14,21-22,27-28,42H,12,15-16H2,1H3/t21-,22+,27-,28-,34+,35-/m0/s1. The summed E-state index contributed by atoms with van der Waals surface area (Å²) in [5.74, 6) is -4.94. The molecule has 2 saturated heterocycles. The van der Waals surface area contributed by atoms with E-state index in [2.05, 4.69) is 20.9 Å². The van der Waals surface area contributed by atoms with Gasteiger partial charge in [-0.1, -0.05) is 45.8 Å². The number of benzene rings is 3. The van der Waals surface area contributed by atoms with E-state index in [4.69, 9.17) is 32.4 Å². The quantitative estimate of drug-likeness (QED) is 0.112. The molecule has 1 N–H and O–H groups in total. The molecule has 0 radical (unpaired) electrons. The second-order valence-corrected chi connectivity index (χ2v) is 14.2. The highest BCUT2D eigenvalue weighted by atomic mass is 79.9. The molecule has 244 valence electrons. The van der Waals surface area contributed by atoms with Crippen LogP contribution in [0.3, 0.4) is 0 Å². The minimum Gasteiger partial charge on any atom is -0.504 e. The number of aromatic nitrogens is 1. The Balaban J connectivity index is 1.19. The number of hydrogen-bond donors (Lipinski definition) is 1. The van der Waals surface area contributed by atoms with Gasteiger partial charge in [-0.3, -0.25) is 29.0 Å². The van der Waals surface area contributed by atoms with Gasteiger partial charge in [-0.15, -0.1) is 23.2 Å². The number of methoxy groups -OCH3 is 1. The van der Waals surface area contributed by atoms with Crippen LogP contribution < -0.4 is 9.64 Å². The summed E-state index contributed by atoms with van der Waals surface area (Å²) in [6.45, 7) is 0. The van der Waals surface area contributed by atoms with Gasteiger partial charge < -0.3 is 14.3 Å². The molecule has 2 aliphatic carbocycles. The second-order valence-electron chi connectivity index (χ2n) is 12.5. The molecule has 8 rings (SSSR count). The van der Waals surface area contributed by atoms with Crippen LogP contribution in [0, 0.1) is 17.8 Å². The smallest absolute Gasteiger partial charge is 0.254 e. The molecule has 0 unspecified atom stereocenters. The molecule has 0 bridgehead atoms. The summed E-state index contributed by atoms with van der Waals surface area (Å²) in [6, 6.07) is 18.8. The number of rotatable bonds is 5. The molecule has 2 aliphatic heterocycles. The predicted molar refractivity (Wildman–Crippen MR) is 180 cm³/mol. The summed E-state index contributed by atoms with van der Waals surface area (Å²) in [6.07, 6.45) is 1.95. The van der Waals surface area contributed by atoms with Crippen molar-refractivity contribution in [2.75, 3.05) is 17.5 Å². The van der Waals surface area contributed by atoms with Gasteiger partial charge in [-0.25, -0.2) is 4.98 Å². The maximum atomic E-state index is 14.4. The Kier molecular flexibility index (Phi) is 7.07. The van der Waals surface area contributed by atoms with Crippen LogP contribution in [0.5, 0.6) is 11.5 Å². The number of aromatic hydroxyl groups is 1. The molecule has 6 atom stereocenters. The highest BCUT2D eigenvalue weighted by Crippen LogP contribution is 2.65. The van der Waals surface area contributed by atoms with Crippen molar-refractivity contribution in [1.82, 2.24) is 9.88 Å². The van der Waals surface area contributed by atoms with Crippen LogP contribution in [0.4, 0.5) is 5.69 Å². The number of ether oxygens (including phenoxy) is 1. The maximum Gasteiger partial charge on any atom is 0.254 e. The number of halogens is 3. The number of nitrogens with zero attached hydrogens (tertiary/aromatic N) is 3.